The molecule has 0 unspecified atom stereocenters. The van der Waals surface area contributed by atoms with Crippen molar-refractivity contribution in [1.82, 2.24) is 5.16 Å². The van der Waals surface area contributed by atoms with E-state index in [1.807, 2.05) is 0 Å². The Balaban J connectivity index is 2.85. The van der Waals surface area contributed by atoms with E-state index in [1.165, 1.54) is 13.2 Å². The van der Waals surface area contributed by atoms with Crippen LogP contribution in [0.2, 0.25) is 0 Å². The minimum Gasteiger partial charge on any atom is -0.463 e. The summed E-state index contributed by atoms with van der Waals surface area (Å²) in [5, 5.41) is 3.18. The van der Waals surface area contributed by atoms with E-state index < -0.39 is 5.97 Å². The molecule has 0 fully saturated rings. The Morgan fingerprint density at radius 2 is 2.89 bits per heavy atom. The van der Waals surface area contributed by atoms with Gasteiger partial charge in [-0.3, -0.25) is 0 Å². The van der Waals surface area contributed by atoms with Crippen molar-refractivity contribution >= 4 is 5.97 Å². The van der Waals surface area contributed by atoms with Gasteiger partial charge in [0.25, 0.3) is 0 Å². The quantitative estimate of drug-likeness (QED) is 0.515. The average molecular weight is 128 g/mol. The molecule has 0 spiro atoms. The number of nitrogens with zero attached hydrogens (tertiary/aromatic N) is 1. The molecule has 1 aromatic heterocycles. The largest absolute Gasteiger partial charge is 0.463 e. The van der Waals surface area contributed by atoms with Gasteiger partial charge < -0.3 is 9.26 Å². The molecule has 1 heterocycles. The van der Waals surface area contributed by atoms with Gasteiger partial charge in [-0.25, -0.2) is 4.79 Å². The predicted molar refractivity (Wildman–Crippen MR) is 27.8 cm³/mol. The number of carbonyl (C=O) groups is 1. The number of hydrogen-bond acceptors (Lipinski definition) is 4. The van der Waals surface area contributed by atoms with Gasteiger partial charge in [-0.05, 0) is 0 Å². The molecular weight excluding hydrogens is 122 g/mol. The number of ether oxygens (including phenoxy) is 1. The van der Waals surface area contributed by atoms with Gasteiger partial charge in [0, 0.05) is 6.07 Å². The van der Waals surface area contributed by atoms with Crippen molar-refractivity contribution in [3.8, 4) is 0 Å². The van der Waals surface area contributed by atoms with Crippen molar-refractivity contribution in [2.75, 3.05) is 7.11 Å². The molecule has 1 rings (SSSR count). The number of aromatic nitrogens is 1. The molecule has 4 nitrogen and oxygen atoms in total. The highest BCUT2D eigenvalue weighted by atomic mass is 16.5. The lowest BCUT2D eigenvalue weighted by Gasteiger charge is -1.88. The lowest BCUT2D eigenvalue weighted by atomic mass is 10.5. The molecule has 0 amide bonds. The zero-order valence-corrected chi connectivity index (χ0v) is 4.75. The summed E-state index contributed by atoms with van der Waals surface area (Å²) in [5.41, 5.74) is 0. The Morgan fingerprint density at radius 1 is 2.11 bits per heavy atom. The van der Waals surface area contributed by atoms with Crippen LogP contribution in [0.15, 0.2) is 16.8 Å². The van der Waals surface area contributed by atoms with Gasteiger partial charge in [-0.2, -0.15) is 0 Å². The van der Waals surface area contributed by atoms with Gasteiger partial charge in [0.15, 0.2) is 0 Å². The van der Waals surface area contributed by atoms with Crippen LogP contribution < -0.4 is 0 Å². The van der Waals surface area contributed by atoms with Crippen LogP contribution in [-0.4, -0.2) is 18.2 Å². The third-order valence-corrected chi connectivity index (χ3v) is 0.779. The fraction of sp³-hybridized carbons (Fsp3) is 0.200. The Bertz CT molecular complexity index is 245. The van der Waals surface area contributed by atoms with Gasteiger partial charge in [-0.15, -0.1) is 0 Å². The maximum Gasteiger partial charge on any atom is 0.376 e. The predicted octanol–water partition coefficient (Wildman–Crippen LogP) is 0.461. The number of carbonyl (C=O) groups excluding carboxylic acids is 1. The third kappa shape index (κ3) is 1.07. The van der Waals surface area contributed by atoms with Crippen LogP contribution in [0.4, 0.5) is 0 Å². The summed E-state index contributed by atoms with van der Waals surface area (Å²) < 4.78 is 15.6. The minimum absolute atomic E-state index is 0.0486. The van der Waals surface area contributed by atoms with E-state index in [-0.39, 0.29) is 11.9 Å². The average Bonchev–Trinajstić information content (AvgIpc) is 2.34. The van der Waals surface area contributed by atoms with Crippen LogP contribution >= 0.6 is 0 Å². The fourth-order valence-corrected chi connectivity index (χ4v) is 0.384. The van der Waals surface area contributed by atoms with Crippen molar-refractivity contribution in [2.45, 2.75) is 0 Å². The summed E-state index contributed by atoms with van der Waals surface area (Å²) in [6.07, 6.45) is -0.0830. The van der Waals surface area contributed by atoms with Crippen LogP contribution in [0.1, 0.15) is 11.9 Å². The molecule has 0 saturated heterocycles. The second-order valence-electron chi connectivity index (χ2n) is 1.31. The highest BCUT2D eigenvalue weighted by molar-refractivity contribution is 5.85. The van der Waals surface area contributed by atoms with Gasteiger partial charge in [0.05, 0.1) is 14.7 Å². The van der Waals surface area contributed by atoms with Gasteiger partial charge >= 0.3 is 5.97 Å². The summed E-state index contributed by atoms with van der Waals surface area (Å²) in [6, 6.07) is 1.19. The first-order valence-electron chi connectivity index (χ1n) is 2.75. The van der Waals surface area contributed by atoms with Crippen LogP contribution in [0.25, 0.3) is 0 Å². The Hall–Kier alpha value is -1.32. The minimum atomic E-state index is -0.619. The summed E-state index contributed by atoms with van der Waals surface area (Å²) >= 11 is 0. The zero-order chi connectivity index (χ0) is 7.56. The van der Waals surface area contributed by atoms with Gasteiger partial charge in [-0.1, -0.05) is 5.16 Å². The van der Waals surface area contributed by atoms with Crippen LogP contribution in [0.5, 0.6) is 0 Å². The summed E-state index contributed by atoms with van der Waals surface area (Å²) in [5.74, 6) is -0.668. The molecule has 0 aliphatic carbocycles. The van der Waals surface area contributed by atoms with Crippen LogP contribution in [0, 0.1) is 0 Å². The second-order valence-corrected chi connectivity index (χ2v) is 1.31. The van der Waals surface area contributed by atoms with Crippen molar-refractivity contribution in [3.63, 3.8) is 0 Å². The van der Waals surface area contributed by atoms with E-state index >= 15 is 0 Å². The zero-order valence-electron chi connectivity index (χ0n) is 5.75. The molecule has 0 aromatic carbocycles. The Morgan fingerprint density at radius 3 is 3.33 bits per heavy atom. The number of esters is 1. The summed E-state index contributed by atoms with van der Waals surface area (Å²) in [4.78, 5) is 10.6. The molecule has 0 radical (unpaired) electrons. The molecule has 9 heavy (non-hydrogen) atoms. The first kappa shape index (κ1) is 4.55. The van der Waals surface area contributed by atoms with Crippen molar-refractivity contribution < 1.29 is 15.4 Å². The van der Waals surface area contributed by atoms with Crippen molar-refractivity contribution in [1.29, 1.82) is 0 Å². The molecule has 0 saturated carbocycles. The molecular formula is C5H5NO3. The molecule has 0 N–H and O–H groups in total. The smallest absolute Gasteiger partial charge is 0.376 e. The molecule has 0 aliphatic heterocycles. The van der Waals surface area contributed by atoms with Gasteiger partial charge in [0.1, 0.15) is 0 Å². The molecule has 0 atom stereocenters. The third-order valence-electron chi connectivity index (χ3n) is 0.779. The van der Waals surface area contributed by atoms with E-state index in [4.69, 9.17) is 1.37 Å². The highest BCUT2D eigenvalue weighted by Crippen LogP contribution is 1.96. The maximum atomic E-state index is 10.6. The molecule has 0 bridgehead atoms. The van der Waals surface area contributed by atoms with Gasteiger partial charge in [0.2, 0.25) is 5.76 Å². The van der Waals surface area contributed by atoms with E-state index in [0.29, 0.717) is 0 Å². The first-order chi connectivity index (χ1) is 4.74. The fourth-order valence-electron chi connectivity index (χ4n) is 0.384. The molecule has 1 aromatic rings. The van der Waals surface area contributed by atoms with E-state index in [0.717, 1.165) is 0 Å². The number of hydrogen-bond donors (Lipinski definition) is 0. The Kier molecular flexibility index (Phi) is 1.16. The summed E-state index contributed by atoms with van der Waals surface area (Å²) in [6.45, 7) is 0. The highest BCUT2D eigenvalue weighted by Gasteiger charge is 2.07. The van der Waals surface area contributed by atoms with E-state index in [2.05, 4.69) is 14.4 Å². The van der Waals surface area contributed by atoms with Crippen LogP contribution in [0.3, 0.4) is 0 Å². The monoisotopic (exact) mass is 128 g/mol. The molecule has 48 valence electrons. The topological polar surface area (TPSA) is 52.3 Å². The maximum absolute atomic E-state index is 10.6. The van der Waals surface area contributed by atoms with Crippen molar-refractivity contribution in [2.24, 2.45) is 0 Å². The first-order valence-corrected chi connectivity index (χ1v) is 2.25. The lowest BCUT2D eigenvalue weighted by molar-refractivity contribution is 0.0554. The second kappa shape index (κ2) is 2.30. The number of rotatable bonds is 1. The number of methoxy groups -OCH3 is 1. The van der Waals surface area contributed by atoms with E-state index in [9.17, 15) is 4.79 Å². The van der Waals surface area contributed by atoms with Crippen molar-refractivity contribution in [3.05, 3.63) is 18.0 Å². The molecule has 0 aliphatic rings. The summed E-state index contributed by atoms with van der Waals surface area (Å²) in [7, 11) is 1.23. The SMILES string of the molecule is [2H]c1cc(C(=O)OC)on1. The Labute approximate surface area is 52.8 Å². The normalized spacial score (nSPS) is 10.6. The molecule has 4 heteroatoms. The van der Waals surface area contributed by atoms with E-state index in [1.54, 1.807) is 0 Å². The lowest BCUT2D eigenvalue weighted by Crippen LogP contribution is -1.97. The standard InChI is InChI=1S/C5H5NO3/c1-8-5(7)4-2-3-6-9-4/h2-3H,1H3/i3D. The van der Waals surface area contributed by atoms with Crippen LogP contribution in [-0.2, 0) is 4.74 Å².